The number of hydrogen-bond acceptors (Lipinski definition) is 7. The van der Waals surface area contributed by atoms with Crippen LogP contribution in [-0.4, -0.2) is 89.5 Å². The fourth-order valence-electron chi connectivity index (χ4n) is 5.05. The van der Waals surface area contributed by atoms with Crippen molar-refractivity contribution in [1.29, 1.82) is 0 Å². The maximum atomic E-state index is 13.1. The van der Waals surface area contributed by atoms with Gasteiger partial charge in [-0.1, -0.05) is 42.1 Å². The molecular weight excluding hydrogens is 544 g/mol. The molecule has 0 aromatic carbocycles. The van der Waals surface area contributed by atoms with Crippen LogP contribution in [-0.2, 0) is 19.0 Å². The number of esters is 1. The molecule has 2 amide bonds. The molecule has 0 aromatic rings. The lowest BCUT2D eigenvalue weighted by atomic mass is 9.87. The van der Waals surface area contributed by atoms with Crippen molar-refractivity contribution >= 4 is 34.1 Å². The fraction of sp³-hybridized carbons (Fsp3) is 0.889. The van der Waals surface area contributed by atoms with Crippen molar-refractivity contribution in [3.05, 3.63) is 0 Å². The van der Waals surface area contributed by atoms with E-state index in [-0.39, 0.29) is 50.5 Å². The smallest absolute Gasteiger partial charge is 0.410 e. The van der Waals surface area contributed by atoms with E-state index in [0.717, 1.165) is 77.0 Å². The topological polar surface area (TPSA) is 106 Å². The number of amides is 2. The van der Waals surface area contributed by atoms with Crippen LogP contribution in [0.3, 0.4) is 0 Å². The molecule has 37 heavy (non-hydrogen) atoms. The Hall–Kier alpha value is -1.55. The van der Waals surface area contributed by atoms with E-state index in [1.54, 1.807) is 4.90 Å². The first kappa shape index (κ1) is 31.7. The predicted octanol–water partition coefficient (Wildman–Crippen LogP) is 5.26. The molecule has 10 heteroatoms. The number of halogens is 1. The lowest BCUT2D eigenvalue weighted by Gasteiger charge is -2.31. The summed E-state index contributed by atoms with van der Waals surface area (Å²) in [4.78, 5) is 41.4. The van der Waals surface area contributed by atoms with Crippen LogP contribution in [0.2, 0.25) is 0 Å². The molecule has 0 aromatic heterocycles. The second-order valence-electron chi connectivity index (χ2n) is 10.4. The summed E-state index contributed by atoms with van der Waals surface area (Å²) >= 11 is 3.27. The molecule has 0 heterocycles. The normalized spacial score (nSPS) is 20.8. The van der Waals surface area contributed by atoms with Crippen LogP contribution in [0.15, 0.2) is 0 Å². The highest BCUT2D eigenvalue weighted by Gasteiger charge is 2.28. The minimum Gasteiger partial charge on any atom is -0.461 e. The average Bonchev–Trinajstić information content (AvgIpc) is 3.39. The Morgan fingerprint density at radius 3 is 2.30 bits per heavy atom. The molecule has 0 bridgehead atoms. The van der Waals surface area contributed by atoms with Crippen LogP contribution >= 0.6 is 15.9 Å². The van der Waals surface area contributed by atoms with Gasteiger partial charge in [0.1, 0.15) is 25.9 Å². The van der Waals surface area contributed by atoms with Crippen molar-refractivity contribution in [1.82, 2.24) is 9.80 Å². The van der Waals surface area contributed by atoms with Crippen molar-refractivity contribution < 1.29 is 33.7 Å². The first-order valence-corrected chi connectivity index (χ1v) is 15.2. The van der Waals surface area contributed by atoms with Crippen LogP contribution < -0.4 is 0 Å². The molecule has 1 N–H and O–H groups in total. The van der Waals surface area contributed by atoms with Gasteiger partial charge in [-0.15, -0.1) is 0 Å². The van der Waals surface area contributed by atoms with Crippen molar-refractivity contribution in [2.24, 2.45) is 5.92 Å². The summed E-state index contributed by atoms with van der Waals surface area (Å²) in [5.41, 5.74) is 0. The lowest BCUT2D eigenvalue weighted by molar-refractivity contribution is -0.150. The number of aliphatic hydroxyl groups excluding tert-OH is 1. The number of aliphatic hydroxyl groups is 1. The molecule has 1 unspecified atom stereocenters. The Morgan fingerprint density at radius 2 is 1.65 bits per heavy atom. The first-order chi connectivity index (χ1) is 17.8. The van der Waals surface area contributed by atoms with Gasteiger partial charge < -0.3 is 24.2 Å². The third kappa shape index (κ3) is 12.2. The third-order valence-electron chi connectivity index (χ3n) is 7.33. The van der Waals surface area contributed by atoms with E-state index in [4.69, 9.17) is 14.2 Å². The molecule has 9 nitrogen and oxygen atoms in total. The first-order valence-electron chi connectivity index (χ1n) is 14.1. The quantitative estimate of drug-likeness (QED) is 0.120. The average molecular weight is 592 g/mol. The highest BCUT2D eigenvalue weighted by Crippen LogP contribution is 2.25. The Morgan fingerprint density at radius 1 is 0.973 bits per heavy atom. The Balaban J connectivity index is 1.93. The van der Waals surface area contributed by atoms with E-state index in [2.05, 4.69) is 22.9 Å². The molecule has 214 valence electrons. The van der Waals surface area contributed by atoms with Gasteiger partial charge in [0.2, 0.25) is 0 Å². The summed E-state index contributed by atoms with van der Waals surface area (Å²) in [5.74, 6) is -0.123. The highest BCUT2D eigenvalue weighted by molar-refractivity contribution is 9.09. The van der Waals surface area contributed by atoms with Crippen LogP contribution in [0.1, 0.15) is 90.9 Å². The Kier molecular flexibility index (Phi) is 15.3. The zero-order valence-corrected chi connectivity index (χ0v) is 24.3. The van der Waals surface area contributed by atoms with Gasteiger partial charge in [-0.25, -0.2) is 9.59 Å². The number of carbonyl (C=O) groups excluding carboxylic acids is 3. The molecule has 2 rings (SSSR count). The SMILES string of the molecule is CCCCCC(C)N(CC(=O)OC1CCCC1)C(=O)OCCN(CC1CCC(O)CC1)C(=O)OCCBr. The summed E-state index contributed by atoms with van der Waals surface area (Å²) in [5, 5.41) is 10.3. The lowest BCUT2D eigenvalue weighted by Crippen LogP contribution is -2.45. The number of rotatable bonds is 15. The molecule has 2 fully saturated rings. The van der Waals surface area contributed by atoms with Crippen LogP contribution in [0.4, 0.5) is 9.59 Å². The van der Waals surface area contributed by atoms with Gasteiger partial charge in [-0.05, 0) is 70.6 Å². The minimum absolute atomic E-state index is 0.00738. The Labute approximate surface area is 230 Å². The van der Waals surface area contributed by atoms with E-state index < -0.39 is 18.2 Å². The van der Waals surface area contributed by atoms with Crippen molar-refractivity contribution in [2.45, 2.75) is 109 Å². The molecule has 0 spiro atoms. The number of ether oxygens (including phenoxy) is 3. The zero-order valence-electron chi connectivity index (χ0n) is 22.7. The third-order valence-corrected chi connectivity index (χ3v) is 7.66. The standard InChI is InChI=1S/C27H47BrN2O7/c1-3-4-5-8-21(2)30(20-25(32)37-24-9-6-7-10-24)27(34)36-18-16-29(26(33)35-17-15-28)19-22-11-13-23(31)14-12-22/h21-24,31H,3-20H2,1-2H3. The number of nitrogens with zero attached hydrogens (tertiary/aromatic N) is 2. The summed E-state index contributed by atoms with van der Waals surface area (Å²) in [7, 11) is 0. The molecule has 2 aliphatic rings. The highest BCUT2D eigenvalue weighted by atomic mass is 79.9. The van der Waals surface area contributed by atoms with E-state index in [1.165, 1.54) is 4.90 Å². The number of carbonyl (C=O) groups is 3. The predicted molar refractivity (Wildman–Crippen MR) is 145 cm³/mol. The Bertz CT molecular complexity index is 682. The van der Waals surface area contributed by atoms with Crippen LogP contribution in [0.25, 0.3) is 0 Å². The van der Waals surface area contributed by atoms with Gasteiger partial charge in [0.15, 0.2) is 0 Å². The van der Waals surface area contributed by atoms with Crippen molar-refractivity contribution in [3.63, 3.8) is 0 Å². The fourth-order valence-corrected chi connectivity index (χ4v) is 5.22. The summed E-state index contributed by atoms with van der Waals surface area (Å²) < 4.78 is 16.5. The van der Waals surface area contributed by atoms with Crippen LogP contribution in [0, 0.1) is 5.92 Å². The summed E-state index contributed by atoms with van der Waals surface area (Å²) in [6.45, 7) is 4.88. The largest absolute Gasteiger partial charge is 0.461 e. The molecule has 0 aliphatic heterocycles. The van der Waals surface area contributed by atoms with Gasteiger partial charge in [0.25, 0.3) is 0 Å². The summed E-state index contributed by atoms with van der Waals surface area (Å²) in [6.07, 6.45) is 9.56. The maximum absolute atomic E-state index is 13.1. The van der Waals surface area contributed by atoms with Gasteiger partial charge in [-0.3, -0.25) is 9.69 Å². The number of alkyl halides is 1. The van der Waals surface area contributed by atoms with E-state index in [1.807, 2.05) is 6.92 Å². The molecule has 0 radical (unpaired) electrons. The molecule has 0 saturated heterocycles. The van der Waals surface area contributed by atoms with E-state index in [0.29, 0.717) is 11.9 Å². The van der Waals surface area contributed by atoms with Gasteiger partial charge in [0.05, 0.1) is 12.6 Å². The molecule has 2 aliphatic carbocycles. The molecule has 1 atom stereocenters. The van der Waals surface area contributed by atoms with Crippen LogP contribution in [0.5, 0.6) is 0 Å². The van der Waals surface area contributed by atoms with E-state index in [9.17, 15) is 19.5 Å². The summed E-state index contributed by atoms with van der Waals surface area (Å²) in [6, 6.07) is -0.163. The van der Waals surface area contributed by atoms with Crippen molar-refractivity contribution in [3.8, 4) is 0 Å². The van der Waals surface area contributed by atoms with Gasteiger partial charge in [-0.2, -0.15) is 0 Å². The monoisotopic (exact) mass is 590 g/mol. The number of hydrogen-bond donors (Lipinski definition) is 1. The molecule has 2 saturated carbocycles. The molecular formula is C27H47BrN2O7. The maximum Gasteiger partial charge on any atom is 0.410 e. The van der Waals surface area contributed by atoms with E-state index >= 15 is 0 Å². The number of unbranched alkanes of at least 4 members (excludes halogenated alkanes) is 2. The zero-order chi connectivity index (χ0) is 27.0. The minimum atomic E-state index is -0.568. The second kappa shape index (κ2) is 17.9. The van der Waals surface area contributed by atoms with Gasteiger partial charge in [0, 0.05) is 17.9 Å². The van der Waals surface area contributed by atoms with Crippen molar-refractivity contribution in [2.75, 3.05) is 38.2 Å². The second-order valence-corrected chi connectivity index (χ2v) is 11.2. The van der Waals surface area contributed by atoms with Gasteiger partial charge >= 0.3 is 18.2 Å².